The lowest BCUT2D eigenvalue weighted by Crippen LogP contribution is -2.55. The number of benzene rings is 1. The van der Waals surface area contributed by atoms with Crippen LogP contribution < -0.4 is 4.74 Å². The first kappa shape index (κ1) is 18.1. The average molecular weight is 383 g/mol. The van der Waals surface area contributed by atoms with Crippen LogP contribution in [0.5, 0.6) is 5.75 Å². The molecular formula is C25H25N3O. The van der Waals surface area contributed by atoms with Crippen molar-refractivity contribution >= 4 is 5.71 Å². The molecule has 2 unspecified atom stereocenters. The number of allylic oxidation sites excluding steroid dienone is 1. The van der Waals surface area contributed by atoms with E-state index in [4.69, 9.17) is 9.73 Å². The Labute approximate surface area is 171 Å². The fourth-order valence-corrected chi connectivity index (χ4v) is 4.84. The maximum absolute atomic E-state index is 6.09. The molecule has 1 aromatic heterocycles. The van der Waals surface area contributed by atoms with Gasteiger partial charge in [0.1, 0.15) is 11.5 Å². The lowest BCUT2D eigenvalue weighted by molar-refractivity contribution is 0.225. The van der Waals surface area contributed by atoms with Gasteiger partial charge in [0.25, 0.3) is 0 Å². The van der Waals surface area contributed by atoms with Gasteiger partial charge in [0.05, 0.1) is 11.3 Å². The van der Waals surface area contributed by atoms with Crippen LogP contribution in [0.15, 0.2) is 95.6 Å². The lowest BCUT2D eigenvalue weighted by Gasteiger charge is -2.44. The predicted molar refractivity (Wildman–Crippen MR) is 116 cm³/mol. The number of aromatic nitrogens is 1. The summed E-state index contributed by atoms with van der Waals surface area (Å²) in [5.41, 5.74) is 3.57. The molecule has 1 spiro atoms. The van der Waals surface area contributed by atoms with Crippen LogP contribution in [-0.2, 0) is 6.42 Å². The van der Waals surface area contributed by atoms with Gasteiger partial charge in [0.2, 0.25) is 0 Å². The second kappa shape index (κ2) is 7.45. The zero-order valence-corrected chi connectivity index (χ0v) is 16.7. The SMILES string of the molecule is CC1=CN=C2C=C(Oc3ccccc3)C=CC23C1CCN3CCc1cccnc1. The second-order valence-electron chi connectivity index (χ2n) is 7.95. The number of para-hydroxylation sites is 1. The van der Waals surface area contributed by atoms with Crippen molar-refractivity contribution in [3.63, 3.8) is 0 Å². The van der Waals surface area contributed by atoms with Crippen LogP contribution in [0.2, 0.25) is 0 Å². The van der Waals surface area contributed by atoms with Crippen molar-refractivity contribution in [2.45, 2.75) is 25.3 Å². The zero-order valence-electron chi connectivity index (χ0n) is 16.7. The van der Waals surface area contributed by atoms with Crippen LogP contribution in [0.3, 0.4) is 0 Å². The minimum Gasteiger partial charge on any atom is -0.457 e. The third kappa shape index (κ3) is 3.23. The Hall–Kier alpha value is -2.98. The molecule has 0 amide bonds. The Bertz CT molecular complexity index is 1010. The molecule has 0 N–H and O–H groups in total. The number of rotatable bonds is 5. The predicted octanol–water partition coefficient (Wildman–Crippen LogP) is 4.58. The topological polar surface area (TPSA) is 37.7 Å². The third-order valence-corrected chi connectivity index (χ3v) is 6.26. The largest absolute Gasteiger partial charge is 0.457 e. The summed E-state index contributed by atoms with van der Waals surface area (Å²) in [6.45, 7) is 4.27. The van der Waals surface area contributed by atoms with Crippen molar-refractivity contribution in [2.24, 2.45) is 10.9 Å². The first-order valence-corrected chi connectivity index (χ1v) is 10.3. The quantitative estimate of drug-likeness (QED) is 0.759. The van der Waals surface area contributed by atoms with Crippen molar-refractivity contribution in [2.75, 3.05) is 13.1 Å². The Morgan fingerprint density at radius 3 is 2.90 bits per heavy atom. The van der Waals surface area contributed by atoms with Gasteiger partial charge in [0, 0.05) is 43.7 Å². The highest BCUT2D eigenvalue weighted by atomic mass is 16.5. The Balaban J connectivity index is 1.42. The van der Waals surface area contributed by atoms with E-state index in [1.54, 1.807) is 0 Å². The van der Waals surface area contributed by atoms with Gasteiger partial charge < -0.3 is 4.74 Å². The molecule has 4 heteroatoms. The number of hydrogen-bond acceptors (Lipinski definition) is 4. The highest BCUT2D eigenvalue weighted by molar-refractivity contribution is 6.07. The van der Waals surface area contributed by atoms with E-state index in [1.165, 1.54) is 11.1 Å². The third-order valence-electron chi connectivity index (χ3n) is 6.26. The first-order chi connectivity index (χ1) is 14.3. The number of hydrogen-bond donors (Lipinski definition) is 0. The normalized spacial score (nSPS) is 25.6. The molecule has 2 atom stereocenters. The molecule has 29 heavy (non-hydrogen) atoms. The van der Waals surface area contributed by atoms with Gasteiger partial charge >= 0.3 is 0 Å². The summed E-state index contributed by atoms with van der Waals surface area (Å²) in [5, 5.41) is 0. The number of pyridine rings is 1. The van der Waals surface area contributed by atoms with Crippen LogP contribution in [0.25, 0.3) is 0 Å². The van der Waals surface area contributed by atoms with Gasteiger partial charge in [-0.15, -0.1) is 0 Å². The Morgan fingerprint density at radius 1 is 1.17 bits per heavy atom. The summed E-state index contributed by atoms with van der Waals surface area (Å²) in [6, 6.07) is 14.1. The molecule has 1 aromatic carbocycles. The zero-order chi connectivity index (χ0) is 19.7. The van der Waals surface area contributed by atoms with Crippen molar-refractivity contribution in [3.8, 4) is 5.75 Å². The molecule has 1 fully saturated rings. The molecule has 5 rings (SSSR count). The molecule has 1 aliphatic carbocycles. The van der Waals surface area contributed by atoms with Crippen LogP contribution in [-0.4, -0.2) is 34.2 Å². The molecule has 3 heterocycles. The van der Waals surface area contributed by atoms with Crippen molar-refractivity contribution in [3.05, 3.63) is 96.2 Å². The molecule has 0 bridgehead atoms. The van der Waals surface area contributed by atoms with Crippen molar-refractivity contribution in [1.82, 2.24) is 9.88 Å². The summed E-state index contributed by atoms with van der Waals surface area (Å²) in [7, 11) is 0. The number of aliphatic imine (C=N–C) groups is 1. The van der Waals surface area contributed by atoms with Gasteiger partial charge in [-0.3, -0.25) is 14.9 Å². The molecule has 0 saturated carbocycles. The Morgan fingerprint density at radius 2 is 2.07 bits per heavy atom. The number of nitrogens with zero attached hydrogens (tertiary/aromatic N) is 3. The highest BCUT2D eigenvalue weighted by Gasteiger charge is 2.52. The van der Waals surface area contributed by atoms with Crippen molar-refractivity contribution < 1.29 is 4.74 Å². The summed E-state index contributed by atoms with van der Waals surface area (Å²) in [6.07, 6.45) is 14.5. The van der Waals surface area contributed by atoms with E-state index in [0.717, 1.165) is 43.2 Å². The minimum absolute atomic E-state index is 0.162. The standard InChI is InChI=1S/C25H25N3O/c1-19-17-27-24-16-22(29-21-7-3-2-4-8-21)9-12-25(24)23(19)11-15-28(25)14-10-20-6-5-13-26-18-20/h2-9,12-13,16-18,23H,10-11,14-15H2,1H3. The molecule has 2 aromatic rings. The van der Waals surface area contributed by atoms with Crippen LogP contribution in [0.1, 0.15) is 18.9 Å². The molecule has 1 saturated heterocycles. The van der Waals surface area contributed by atoms with Gasteiger partial charge in [-0.1, -0.05) is 30.3 Å². The van der Waals surface area contributed by atoms with Gasteiger partial charge in [-0.2, -0.15) is 0 Å². The maximum atomic E-state index is 6.09. The van der Waals surface area contributed by atoms with E-state index < -0.39 is 0 Å². The number of ether oxygens (including phenoxy) is 1. The van der Waals surface area contributed by atoms with E-state index in [2.05, 4.69) is 41.1 Å². The molecule has 2 aliphatic heterocycles. The highest BCUT2D eigenvalue weighted by Crippen LogP contribution is 2.46. The van der Waals surface area contributed by atoms with Gasteiger partial charge in [0.15, 0.2) is 0 Å². The van der Waals surface area contributed by atoms with E-state index in [9.17, 15) is 0 Å². The van der Waals surface area contributed by atoms with E-state index in [0.29, 0.717) is 5.92 Å². The summed E-state index contributed by atoms with van der Waals surface area (Å²) in [4.78, 5) is 11.7. The van der Waals surface area contributed by atoms with Gasteiger partial charge in [-0.05, 0) is 55.2 Å². The summed E-state index contributed by atoms with van der Waals surface area (Å²) in [5.74, 6) is 2.15. The van der Waals surface area contributed by atoms with E-state index in [-0.39, 0.29) is 5.54 Å². The maximum Gasteiger partial charge on any atom is 0.129 e. The monoisotopic (exact) mass is 383 g/mol. The summed E-state index contributed by atoms with van der Waals surface area (Å²) >= 11 is 0. The van der Waals surface area contributed by atoms with Gasteiger partial charge in [-0.25, -0.2) is 0 Å². The smallest absolute Gasteiger partial charge is 0.129 e. The summed E-state index contributed by atoms with van der Waals surface area (Å²) < 4.78 is 6.09. The minimum atomic E-state index is -0.162. The molecule has 146 valence electrons. The second-order valence-corrected chi connectivity index (χ2v) is 7.95. The first-order valence-electron chi connectivity index (χ1n) is 10.3. The van der Waals surface area contributed by atoms with E-state index in [1.807, 2.05) is 55.0 Å². The Kier molecular flexibility index (Phi) is 4.64. The average Bonchev–Trinajstić information content (AvgIpc) is 3.14. The molecule has 0 radical (unpaired) electrons. The van der Waals surface area contributed by atoms with Crippen LogP contribution in [0, 0.1) is 5.92 Å². The molecule has 3 aliphatic rings. The fraction of sp³-hybridized carbons (Fsp3) is 0.280. The van der Waals surface area contributed by atoms with Crippen LogP contribution in [0.4, 0.5) is 0 Å². The number of likely N-dealkylation sites (tertiary alicyclic amines) is 1. The van der Waals surface area contributed by atoms with E-state index >= 15 is 0 Å². The fourth-order valence-electron chi connectivity index (χ4n) is 4.84. The molecule has 4 nitrogen and oxygen atoms in total. The van der Waals surface area contributed by atoms with Crippen molar-refractivity contribution in [1.29, 1.82) is 0 Å². The lowest BCUT2D eigenvalue weighted by atomic mass is 9.73. The molecular weight excluding hydrogens is 358 g/mol. The van der Waals surface area contributed by atoms with Crippen LogP contribution >= 0.6 is 0 Å².